The maximum absolute atomic E-state index is 6.57. The van der Waals surface area contributed by atoms with Crippen molar-refractivity contribution in [2.75, 3.05) is 25.1 Å². The minimum Gasteiger partial charge on any atom is -0.473 e. The number of rotatable bonds is 9. The molecule has 0 atom stereocenters. The van der Waals surface area contributed by atoms with Crippen LogP contribution in [-0.2, 0) is 4.74 Å². The predicted molar refractivity (Wildman–Crippen MR) is 145 cm³/mol. The summed E-state index contributed by atoms with van der Waals surface area (Å²) >= 11 is 0. The van der Waals surface area contributed by atoms with Gasteiger partial charge < -0.3 is 24.7 Å². The van der Waals surface area contributed by atoms with Gasteiger partial charge in [0, 0.05) is 38.8 Å². The molecular formula is C27H39N7O2. The molecule has 0 bridgehead atoms. The van der Waals surface area contributed by atoms with E-state index in [-0.39, 0.29) is 7.53 Å². The molecule has 0 unspecified atom stereocenters. The van der Waals surface area contributed by atoms with Crippen LogP contribution in [0.15, 0.2) is 43.4 Å². The molecule has 3 aromatic rings. The Morgan fingerprint density at radius 2 is 2.03 bits per heavy atom. The van der Waals surface area contributed by atoms with Crippen LogP contribution in [0.4, 0.5) is 11.6 Å². The van der Waals surface area contributed by atoms with E-state index in [1.165, 1.54) is 0 Å². The van der Waals surface area contributed by atoms with Crippen molar-refractivity contribution in [2.24, 2.45) is 0 Å². The highest BCUT2D eigenvalue weighted by molar-refractivity contribution is 5.85. The van der Waals surface area contributed by atoms with Crippen molar-refractivity contribution in [3.63, 3.8) is 0 Å². The third kappa shape index (κ3) is 5.47. The summed E-state index contributed by atoms with van der Waals surface area (Å²) in [6.07, 6.45) is 15.9. The molecule has 2 fully saturated rings. The number of hydrogen-bond donors (Lipinski definition) is 2. The van der Waals surface area contributed by atoms with E-state index >= 15 is 0 Å². The van der Waals surface area contributed by atoms with Crippen LogP contribution >= 0.6 is 0 Å². The van der Waals surface area contributed by atoms with Crippen molar-refractivity contribution in [3.05, 3.63) is 43.4 Å². The lowest BCUT2D eigenvalue weighted by Crippen LogP contribution is -2.36. The molecule has 5 rings (SSSR count). The van der Waals surface area contributed by atoms with Gasteiger partial charge in [0.25, 0.3) is 0 Å². The highest BCUT2D eigenvalue weighted by atomic mass is 16.5. The van der Waals surface area contributed by atoms with Gasteiger partial charge in [-0.2, -0.15) is 10.1 Å². The van der Waals surface area contributed by atoms with Gasteiger partial charge in [-0.25, -0.2) is 4.98 Å². The van der Waals surface area contributed by atoms with Crippen LogP contribution in [0.25, 0.3) is 16.7 Å². The Hall–Kier alpha value is -3.17. The molecule has 0 amide bonds. The number of allylic oxidation sites excluding steroid dienone is 3. The molecule has 9 heteroatoms. The lowest BCUT2D eigenvalue weighted by molar-refractivity contribution is 0.0662. The van der Waals surface area contributed by atoms with Gasteiger partial charge in [-0.15, -0.1) is 0 Å². The first-order valence-electron chi connectivity index (χ1n) is 13.1. The fourth-order valence-electron chi connectivity index (χ4n) is 5.21. The van der Waals surface area contributed by atoms with E-state index in [0.29, 0.717) is 23.9 Å². The van der Waals surface area contributed by atoms with Crippen LogP contribution in [0.1, 0.15) is 59.8 Å². The molecule has 4 heterocycles. The number of anilines is 2. The van der Waals surface area contributed by atoms with Crippen LogP contribution in [0.3, 0.4) is 0 Å². The zero-order valence-corrected chi connectivity index (χ0v) is 21.3. The summed E-state index contributed by atoms with van der Waals surface area (Å²) in [5.41, 5.74) is 3.60. The van der Waals surface area contributed by atoms with Crippen molar-refractivity contribution in [2.45, 2.75) is 70.6 Å². The molecule has 1 saturated carbocycles. The largest absolute Gasteiger partial charge is 0.473 e. The normalized spacial score (nSPS) is 21.6. The van der Waals surface area contributed by atoms with Gasteiger partial charge in [-0.3, -0.25) is 4.68 Å². The summed E-state index contributed by atoms with van der Waals surface area (Å²) in [4.78, 5) is 9.65. The lowest BCUT2D eigenvalue weighted by Gasteiger charge is -2.29. The van der Waals surface area contributed by atoms with Crippen LogP contribution in [0.5, 0.6) is 5.88 Å². The van der Waals surface area contributed by atoms with E-state index in [2.05, 4.69) is 33.8 Å². The highest BCUT2D eigenvalue weighted by Gasteiger charge is 2.25. The van der Waals surface area contributed by atoms with Gasteiger partial charge in [0.1, 0.15) is 11.6 Å². The predicted octanol–water partition coefficient (Wildman–Crippen LogP) is 5.32. The number of hydrogen-bond acceptors (Lipinski definition) is 7. The number of nitrogens with zero attached hydrogens (tertiary/aromatic N) is 5. The Labute approximate surface area is 214 Å². The maximum atomic E-state index is 6.57. The Morgan fingerprint density at radius 1 is 1.22 bits per heavy atom. The Kier molecular flexibility index (Phi) is 7.67. The van der Waals surface area contributed by atoms with Crippen molar-refractivity contribution in [3.8, 4) is 5.88 Å². The van der Waals surface area contributed by atoms with Gasteiger partial charge in [0.05, 0.1) is 23.4 Å². The van der Waals surface area contributed by atoms with Crippen molar-refractivity contribution in [1.82, 2.24) is 29.6 Å². The summed E-state index contributed by atoms with van der Waals surface area (Å²) < 4.78 is 16.2. The molecule has 9 nitrogen and oxygen atoms in total. The molecular weight excluding hydrogens is 454 g/mol. The van der Waals surface area contributed by atoms with E-state index in [0.717, 1.165) is 80.7 Å². The average molecular weight is 494 g/mol. The van der Waals surface area contributed by atoms with Gasteiger partial charge >= 0.3 is 0 Å². The first-order chi connectivity index (χ1) is 17.6. The Balaban J connectivity index is 0.00000320. The SMILES string of the molecule is C=C/C=C(\C)n1ccc2nc(Nc3cnn(C4CCOCC4)c3)nc(OC3CCC(NCC)CC3)c21.[HH]. The van der Waals surface area contributed by atoms with E-state index in [1.54, 1.807) is 6.08 Å². The third-order valence-corrected chi connectivity index (χ3v) is 7.11. The van der Waals surface area contributed by atoms with Crippen LogP contribution < -0.4 is 15.4 Å². The molecule has 36 heavy (non-hydrogen) atoms. The first-order valence-corrected chi connectivity index (χ1v) is 13.1. The third-order valence-electron chi connectivity index (χ3n) is 7.11. The van der Waals surface area contributed by atoms with E-state index in [9.17, 15) is 0 Å². The maximum Gasteiger partial charge on any atom is 0.244 e. The first kappa shape index (κ1) is 24.5. The molecule has 3 aromatic heterocycles. The number of nitrogens with one attached hydrogen (secondary N) is 2. The van der Waals surface area contributed by atoms with Crippen LogP contribution in [0, 0.1) is 0 Å². The summed E-state index contributed by atoms with van der Waals surface area (Å²) in [5.74, 6) is 1.11. The van der Waals surface area contributed by atoms with E-state index in [4.69, 9.17) is 19.4 Å². The smallest absolute Gasteiger partial charge is 0.244 e. The molecule has 194 valence electrons. The quantitative estimate of drug-likeness (QED) is 0.390. The zero-order valence-electron chi connectivity index (χ0n) is 21.3. The van der Waals surface area contributed by atoms with Gasteiger partial charge in [-0.05, 0) is 64.1 Å². The molecule has 1 aliphatic heterocycles. The number of fused-ring (bicyclic) bond motifs is 1. The van der Waals surface area contributed by atoms with Gasteiger partial charge in [0.15, 0.2) is 0 Å². The van der Waals surface area contributed by atoms with Crippen LogP contribution in [-0.4, -0.2) is 56.2 Å². The summed E-state index contributed by atoms with van der Waals surface area (Å²) in [7, 11) is 0. The second kappa shape index (κ2) is 11.3. The van der Waals surface area contributed by atoms with E-state index < -0.39 is 0 Å². The minimum absolute atomic E-state index is 0. The Morgan fingerprint density at radius 3 is 2.78 bits per heavy atom. The molecule has 1 saturated heterocycles. The second-order valence-corrected chi connectivity index (χ2v) is 9.64. The molecule has 2 N–H and O–H groups in total. The highest BCUT2D eigenvalue weighted by Crippen LogP contribution is 2.32. The van der Waals surface area contributed by atoms with Gasteiger partial charge in [-0.1, -0.05) is 19.6 Å². The summed E-state index contributed by atoms with van der Waals surface area (Å²) in [6.45, 7) is 10.6. The fraction of sp³-hybridized carbons (Fsp3) is 0.519. The number of ether oxygens (including phenoxy) is 2. The molecule has 1 aliphatic carbocycles. The Bertz CT molecular complexity index is 1210. The number of aromatic nitrogens is 5. The summed E-state index contributed by atoms with van der Waals surface area (Å²) in [6, 6.07) is 2.94. The van der Waals surface area contributed by atoms with Gasteiger partial charge in [0.2, 0.25) is 11.8 Å². The fourth-order valence-corrected chi connectivity index (χ4v) is 5.21. The average Bonchev–Trinajstić information content (AvgIpc) is 3.54. The molecule has 2 aliphatic rings. The standard InChI is InChI=1S/C27H37N7O2.H2/c1-4-6-19(3)33-14-11-24-25(33)26(36-23-9-7-20(8-10-23)28-5-2)32-27(31-24)30-21-17-29-34(18-21)22-12-15-35-16-13-22;/h4,6,11,14,17-18,20,22-23,28H,1,5,7-10,12-13,15-16H2,2-3H3,(H,30,31,32);1H/b19-6+;. The zero-order chi connectivity index (χ0) is 24.9. The van der Waals surface area contributed by atoms with Crippen molar-refractivity contribution >= 4 is 28.4 Å². The molecule has 0 aromatic carbocycles. The van der Waals surface area contributed by atoms with Crippen LogP contribution in [0.2, 0.25) is 0 Å². The molecule has 0 radical (unpaired) electrons. The minimum atomic E-state index is 0. The monoisotopic (exact) mass is 493 g/mol. The van der Waals surface area contributed by atoms with Crippen molar-refractivity contribution in [1.29, 1.82) is 0 Å². The van der Waals surface area contributed by atoms with E-state index in [1.807, 2.05) is 42.3 Å². The second-order valence-electron chi connectivity index (χ2n) is 9.64. The van der Waals surface area contributed by atoms with Crippen molar-refractivity contribution < 1.29 is 10.9 Å². The lowest BCUT2D eigenvalue weighted by atomic mass is 9.93. The molecule has 0 spiro atoms. The summed E-state index contributed by atoms with van der Waals surface area (Å²) in [5, 5.41) is 11.5. The topological polar surface area (TPSA) is 91.1 Å².